The van der Waals surface area contributed by atoms with Crippen molar-refractivity contribution in [3.63, 3.8) is 0 Å². The fourth-order valence-electron chi connectivity index (χ4n) is 3.51. The maximum Gasteiger partial charge on any atom is 0.159 e. The van der Waals surface area contributed by atoms with Gasteiger partial charge in [-0.15, -0.1) is 0 Å². The smallest absolute Gasteiger partial charge is 0.159 e. The van der Waals surface area contributed by atoms with Gasteiger partial charge in [-0.1, -0.05) is 48.5 Å². The van der Waals surface area contributed by atoms with E-state index in [0.717, 1.165) is 49.4 Å². The highest BCUT2D eigenvalue weighted by Gasteiger charge is 2.07. The van der Waals surface area contributed by atoms with Gasteiger partial charge >= 0.3 is 0 Å². The second-order valence-corrected chi connectivity index (χ2v) is 6.74. The van der Waals surface area contributed by atoms with E-state index in [9.17, 15) is 4.79 Å². The van der Waals surface area contributed by atoms with Gasteiger partial charge in [0.25, 0.3) is 0 Å². The molecule has 3 nitrogen and oxygen atoms in total. The quantitative estimate of drug-likeness (QED) is 0.299. The normalized spacial score (nSPS) is 11.3. The fraction of sp³-hybridized carbons (Fsp3) is 0.0417. The Morgan fingerprint density at radius 1 is 0.741 bits per heavy atom. The van der Waals surface area contributed by atoms with Crippen molar-refractivity contribution in [2.24, 2.45) is 0 Å². The van der Waals surface area contributed by atoms with E-state index >= 15 is 0 Å². The highest BCUT2D eigenvalue weighted by atomic mass is 16.1. The molecule has 2 aromatic heterocycles. The van der Waals surface area contributed by atoms with Crippen LogP contribution in [-0.4, -0.2) is 15.8 Å². The van der Waals surface area contributed by atoms with Crippen molar-refractivity contribution >= 4 is 38.4 Å². The maximum absolute atomic E-state index is 11.6. The molecule has 0 fully saturated rings. The molecule has 2 heterocycles. The number of benzene rings is 3. The van der Waals surface area contributed by atoms with Gasteiger partial charge in [-0.25, -0.2) is 4.98 Å². The number of ketones is 1. The lowest BCUT2D eigenvalue weighted by Crippen LogP contribution is -1.91. The molecular formula is C24H16N2O. The SMILES string of the molecule is CC(=O)c1ccc2cc(-c3ccc4ccc5cccnc5c4n3)ccc2c1. The van der Waals surface area contributed by atoms with Crippen LogP contribution in [0.3, 0.4) is 0 Å². The molecule has 0 bridgehead atoms. The molecule has 0 saturated heterocycles. The van der Waals surface area contributed by atoms with Gasteiger partial charge in [0.15, 0.2) is 5.78 Å². The number of nitrogens with zero attached hydrogens (tertiary/aromatic N) is 2. The molecule has 5 aromatic rings. The molecule has 3 aromatic carbocycles. The number of hydrogen-bond acceptors (Lipinski definition) is 3. The van der Waals surface area contributed by atoms with Crippen molar-refractivity contribution < 1.29 is 4.79 Å². The standard InChI is InChI=1S/C24H16N2O/c1-15(27)18-6-7-20-14-21(9-8-19(20)13-18)22-11-10-17-5-4-16-3-2-12-25-23(16)24(17)26-22/h2-14H,1H3. The zero-order valence-corrected chi connectivity index (χ0v) is 14.8. The zero-order valence-electron chi connectivity index (χ0n) is 14.8. The molecule has 0 spiro atoms. The molecule has 0 N–H and O–H groups in total. The number of fused-ring (bicyclic) bond motifs is 4. The number of Topliss-reactive ketones (excluding diaryl/α,β-unsaturated/α-hetero) is 1. The third-order valence-corrected chi connectivity index (χ3v) is 4.97. The van der Waals surface area contributed by atoms with Crippen molar-refractivity contribution in [2.75, 3.05) is 0 Å². The first-order chi connectivity index (χ1) is 13.2. The number of hydrogen-bond donors (Lipinski definition) is 0. The maximum atomic E-state index is 11.6. The van der Waals surface area contributed by atoms with E-state index in [4.69, 9.17) is 4.98 Å². The summed E-state index contributed by atoms with van der Waals surface area (Å²) in [5.74, 6) is 0.0801. The molecule has 27 heavy (non-hydrogen) atoms. The lowest BCUT2D eigenvalue weighted by Gasteiger charge is -2.07. The first kappa shape index (κ1) is 15.6. The third-order valence-electron chi connectivity index (χ3n) is 4.97. The zero-order chi connectivity index (χ0) is 18.4. The molecule has 0 amide bonds. The van der Waals surface area contributed by atoms with Crippen LogP contribution in [0.15, 0.2) is 79.0 Å². The predicted molar refractivity (Wildman–Crippen MR) is 110 cm³/mol. The summed E-state index contributed by atoms with van der Waals surface area (Å²) < 4.78 is 0. The van der Waals surface area contributed by atoms with E-state index in [-0.39, 0.29) is 5.78 Å². The summed E-state index contributed by atoms with van der Waals surface area (Å²) in [4.78, 5) is 21.0. The van der Waals surface area contributed by atoms with Crippen molar-refractivity contribution in [1.82, 2.24) is 9.97 Å². The first-order valence-corrected chi connectivity index (χ1v) is 8.89. The van der Waals surface area contributed by atoms with Crippen LogP contribution in [-0.2, 0) is 0 Å². The molecule has 128 valence electrons. The third kappa shape index (κ3) is 2.64. The second kappa shape index (κ2) is 5.99. The molecular weight excluding hydrogens is 332 g/mol. The second-order valence-electron chi connectivity index (χ2n) is 6.74. The Hall–Kier alpha value is -3.59. The minimum Gasteiger partial charge on any atom is -0.295 e. The number of carbonyl (C=O) groups excluding carboxylic acids is 1. The van der Waals surface area contributed by atoms with Crippen LogP contribution in [0, 0.1) is 0 Å². The van der Waals surface area contributed by atoms with E-state index < -0.39 is 0 Å². The van der Waals surface area contributed by atoms with Gasteiger partial charge in [0.2, 0.25) is 0 Å². The first-order valence-electron chi connectivity index (χ1n) is 8.89. The van der Waals surface area contributed by atoms with Gasteiger partial charge in [0.05, 0.1) is 16.7 Å². The number of rotatable bonds is 2. The van der Waals surface area contributed by atoms with Gasteiger partial charge < -0.3 is 0 Å². The summed E-state index contributed by atoms with van der Waals surface area (Å²) >= 11 is 0. The van der Waals surface area contributed by atoms with Crippen molar-refractivity contribution in [1.29, 1.82) is 0 Å². The van der Waals surface area contributed by atoms with E-state index in [2.05, 4.69) is 41.4 Å². The Balaban J connectivity index is 1.69. The average molecular weight is 348 g/mol. The van der Waals surface area contributed by atoms with Crippen molar-refractivity contribution in [2.45, 2.75) is 6.92 Å². The summed E-state index contributed by atoms with van der Waals surface area (Å²) in [5.41, 5.74) is 4.53. The van der Waals surface area contributed by atoms with Crippen LogP contribution < -0.4 is 0 Å². The molecule has 0 aliphatic rings. The van der Waals surface area contributed by atoms with E-state index in [1.807, 2.05) is 36.4 Å². The van der Waals surface area contributed by atoms with Crippen LogP contribution in [0.25, 0.3) is 43.8 Å². The largest absolute Gasteiger partial charge is 0.295 e. The minimum absolute atomic E-state index is 0.0801. The molecule has 0 atom stereocenters. The molecule has 0 saturated carbocycles. The Bertz CT molecular complexity index is 1360. The van der Waals surface area contributed by atoms with Gasteiger partial charge in [0.1, 0.15) is 0 Å². The Labute approximate surface area is 156 Å². The van der Waals surface area contributed by atoms with Crippen LogP contribution >= 0.6 is 0 Å². The van der Waals surface area contributed by atoms with Gasteiger partial charge in [0, 0.05) is 28.1 Å². The number of carbonyl (C=O) groups is 1. The highest BCUT2D eigenvalue weighted by molar-refractivity contribution is 6.03. The van der Waals surface area contributed by atoms with E-state index in [1.54, 1.807) is 13.1 Å². The average Bonchev–Trinajstić information content (AvgIpc) is 2.72. The Morgan fingerprint density at radius 2 is 1.44 bits per heavy atom. The lowest BCUT2D eigenvalue weighted by molar-refractivity contribution is 0.101. The summed E-state index contributed by atoms with van der Waals surface area (Å²) in [6.45, 7) is 1.59. The van der Waals surface area contributed by atoms with Crippen molar-refractivity contribution in [3.8, 4) is 11.3 Å². The topological polar surface area (TPSA) is 42.9 Å². The van der Waals surface area contributed by atoms with Gasteiger partial charge in [-0.2, -0.15) is 0 Å². The van der Waals surface area contributed by atoms with Crippen LogP contribution in [0.2, 0.25) is 0 Å². The Kier molecular flexibility index (Phi) is 3.47. The summed E-state index contributed by atoms with van der Waals surface area (Å²) in [6.07, 6.45) is 1.80. The minimum atomic E-state index is 0.0801. The van der Waals surface area contributed by atoms with Gasteiger partial charge in [-0.3, -0.25) is 9.78 Å². The molecule has 0 unspecified atom stereocenters. The fourth-order valence-corrected chi connectivity index (χ4v) is 3.51. The highest BCUT2D eigenvalue weighted by Crippen LogP contribution is 2.28. The van der Waals surface area contributed by atoms with Gasteiger partial charge in [-0.05, 0) is 42.0 Å². The molecule has 0 aliphatic heterocycles. The summed E-state index contributed by atoms with van der Waals surface area (Å²) in [5, 5.41) is 4.32. The van der Waals surface area contributed by atoms with Crippen molar-refractivity contribution in [3.05, 3.63) is 84.6 Å². The molecule has 5 rings (SSSR count). The molecule has 0 aliphatic carbocycles. The molecule has 0 radical (unpaired) electrons. The Morgan fingerprint density at radius 3 is 2.30 bits per heavy atom. The van der Waals surface area contributed by atoms with Crippen LogP contribution in [0.4, 0.5) is 0 Å². The van der Waals surface area contributed by atoms with E-state index in [0.29, 0.717) is 0 Å². The molecule has 3 heteroatoms. The number of aromatic nitrogens is 2. The monoisotopic (exact) mass is 348 g/mol. The van der Waals surface area contributed by atoms with Crippen LogP contribution in [0.1, 0.15) is 17.3 Å². The van der Waals surface area contributed by atoms with E-state index in [1.165, 1.54) is 0 Å². The lowest BCUT2D eigenvalue weighted by atomic mass is 10.0. The number of pyridine rings is 2. The van der Waals surface area contributed by atoms with Crippen LogP contribution in [0.5, 0.6) is 0 Å². The summed E-state index contributed by atoms with van der Waals surface area (Å²) in [7, 11) is 0. The predicted octanol–water partition coefficient (Wildman–Crippen LogP) is 5.81. The summed E-state index contributed by atoms with van der Waals surface area (Å²) in [6, 6.07) is 24.3.